The molecule has 47 heavy (non-hydrogen) atoms. The molecule has 0 aliphatic carbocycles. The predicted molar refractivity (Wildman–Crippen MR) is 174 cm³/mol. The summed E-state index contributed by atoms with van der Waals surface area (Å²) in [6.07, 6.45) is 0.0997. The van der Waals surface area contributed by atoms with E-state index in [0.717, 1.165) is 11.8 Å². The molecule has 1 rings (SSSR count). The van der Waals surface area contributed by atoms with Gasteiger partial charge in [-0.2, -0.15) is 11.8 Å². The number of carboxylic acids is 3. The van der Waals surface area contributed by atoms with E-state index >= 15 is 0 Å². The molecule has 0 radical (unpaired) electrons. The number of benzene rings is 1. The van der Waals surface area contributed by atoms with Crippen LogP contribution in [0.4, 0.5) is 0 Å². The third kappa shape index (κ3) is 14.8. The highest BCUT2D eigenvalue weighted by Gasteiger charge is 2.27. The lowest BCUT2D eigenvalue weighted by Gasteiger charge is -2.20. The minimum Gasteiger partial charge on any atom is -0.482 e. The van der Waals surface area contributed by atoms with Crippen LogP contribution in [-0.2, 0) is 28.8 Å². The van der Waals surface area contributed by atoms with Crippen LogP contribution in [0.2, 0.25) is 10.0 Å². The quantitative estimate of drug-likeness (QED) is 0.0845. The van der Waals surface area contributed by atoms with Gasteiger partial charge in [-0.1, -0.05) is 44.0 Å². The van der Waals surface area contributed by atoms with Gasteiger partial charge in [-0.3, -0.25) is 28.8 Å². The highest BCUT2D eigenvalue weighted by molar-refractivity contribution is 7.99. The first kappa shape index (κ1) is 41.4. The molecule has 18 heteroatoms. The zero-order chi connectivity index (χ0) is 35.8. The number of ether oxygens (including phenoxy) is 1. The van der Waals surface area contributed by atoms with Gasteiger partial charge in [0.05, 0.1) is 5.02 Å². The molecule has 8 N–H and O–H groups in total. The molecule has 0 aliphatic heterocycles. The Kier molecular flexibility index (Phi) is 18.2. The van der Waals surface area contributed by atoms with Crippen LogP contribution < -0.4 is 26.4 Å². The van der Waals surface area contributed by atoms with Crippen molar-refractivity contribution < 1.29 is 53.6 Å². The number of halogens is 2. The molecule has 1 aromatic rings. The number of carbonyl (C=O) groups is 7. The number of hydrogen-bond acceptors (Lipinski definition) is 10. The van der Waals surface area contributed by atoms with Crippen molar-refractivity contribution >= 4 is 76.4 Å². The number of carboxylic acid groups (broad SMARTS) is 3. The molecular weight excluding hydrogens is 683 g/mol. The molecule has 0 spiro atoms. The monoisotopic (exact) mass is 722 g/mol. The fourth-order valence-electron chi connectivity index (χ4n) is 3.98. The molecule has 0 heterocycles. The van der Waals surface area contributed by atoms with Gasteiger partial charge in [-0.15, -0.1) is 0 Å². The largest absolute Gasteiger partial charge is 0.482 e. The highest BCUT2D eigenvalue weighted by atomic mass is 35.5. The van der Waals surface area contributed by atoms with E-state index < -0.39 is 72.8 Å². The summed E-state index contributed by atoms with van der Waals surface area (Å²) in [5, 5.41) is 33.8. The van der Waals surface area contributed by atoms with E-state index in [2.05, 4.69) is 16.0 Å². The van der Waals surface area contributed by atoms with Crippen LogP contribution in [0.5, 0.6) is 5.75 Å². The topological polar surface area (TPSA) is 252 Å². The average molecular weight is 724 g/mol. The maximum atomic E-state index is 13.4. The Hall–Kier alpha value is -3.60. The van der Waals surface area contributed by atoms with Crippen LogP contribution >= 0.6 is 35.0 Å². The lowest BCUT2D eigenvalue weighted by atomic mass is 9.97. The van der Waals surface area contributed by atoms with Crippen molar-refractivity contribution in [3.63, 3.8) is 0 Å². The molecule has 0 saturated carbocycles. The van der Waals surface area contributed by atoms with Crippen LogP contribution in [0.25, 0.3) is 0 Å². The van der Waals surface area contributed by atoms with Gasteiger partial charge in [-0.25, -0.2) is 4.79 Å². The van der Waals surface area contributed by atoms with Gasteiger partial charge in [0, 0.05) is 29.4 Å². The van der Waals surface area contributed by atoms with Gasteiger partial charge < -0.3 is 41.7 Å². The maximum absolute atomic E-state index is 13.4. The van der Waals surface area contributed by atoms with E-state index in [-0.39, 0.29) is 63.8 Å². The molecule has 0 saturated heterocycles. The third-order valence-electron chi connectivity index (χ3n) is 6.54. The van der Waals surface area contributed by atoms with Gasteiger partial charge in [0.25, 0.3) is 5.91 Å². The third-order valence-corrected chi connectivity index (χ3v) is 8.62. The first-order chi connectivity index (χ1) is 22.0. The van der Waals surface area contributed by atoms with E-state index in [0.29, 0.717) is 6.42 Å². The SMILES string of the molecule is CCC(CSC[C@H](NC(=O)CC[C@H](N)C(=O)O)C(=O)NCC(=O)O)C(=O)c1ccc(OCC(=O)N[C@@H](CC(C)C)C(=O)O)c(Cl)c1Cl. The van der Waals surface area contributed by atoms with E-state index in [9.17, 15) is 38.7 Å². The molecule has 0 bridgehead atoms. The number of nitrogens with one attached hydrogen (secondary N) is 3. The number of aliphatic carboxylic acids is 3. The molecule has 0 aromatic heterocycles. The zero-order valence-electron chi connectivity index (χ0n) is 26.0. The normalized spacial score (nSPS) is 13.5. The number of hydrogen-bond donors (Lipinski definition) is 7. The summed E-state index contributed by atoms with van der Waals surface area (Å²) >= 11 is 13.9. The maximum Gasteiger partial charge on any atom is 0.326 e. The number of Topliss-reactive ketones (excluding diaryl/α,β-unsaturated/α-hetero) is 1. The highest BCUT2D eigenvalue weighted by Crippen LogP contribution is 2.36. The molecular formula is C29H40Cl2N4O11S. The van der Waals surface area contributed by atoms with Gasteiger partial charge in [-0.05, 0) is 37.3 Å². The molecule has 3 amide bonds. The van der Waals surface area contributed by atoms with Gasteiger partial charge in [0.1, 0.15) is 35.4 Å². The van der Waals surface area contributed by atoms with Gasteiger partial charge in [0.15, 0.2) is 12.4 Å². The molecule has 0 fully saturated rings. The second kappa shape index (κ2) is 20.6. The number of thioether (sulfide) groups is 1. The van der Waals surface area contributed by atoms with Crippen molar-refractivity contribution in [2.45, 2.75) is 64.6 Å². The summed E-state index contributed by atoms with van der Waals surface area (Å²) in [4.78, 5) is 83.8. The molecule has 262 valence electrons. The van der Waals surface area contributed by atoms with Gasteiger partial charge >= 0.3 is 17.9 Å². The number of amides is 3. The van der Waals surface area contributed by atoms with Crippen LogP contribution in [0.15, 0.2) is 12.1 Å². The second-order valence-corrected chi connectivity index (χ2v) is 12.7. The summed E-state index contributed by atoms with van der Waals surface area (Å²) in [6.45, 7) is 4.14. The van der Waals surface area contributed by atoms with Crippen molar-refractivity contribution in [3.05, 3.63) is 27.7 Å². The Morgan fingerprint density at radius 2 is 1.55 bits per heavy atom. The lowest BCUT2D eigenvalue weighted by molar-refractivity contribution is -0.142. The first-order valence-corrected chi connectivity index (χ1v) is 16.4. The van der Waals surface area contributed by atoms with Crippen molar-refractivity contribution in [1.29, 1.82) is 0 Å². The smallest absolute Gasteiger partial charge is 0.326 e. The number of ketones is 1. The van der Waals surface area contributed by atoms with Crippen molar-refractivity contribution in [1.82, 2.24) is 16.0 Å². The standard InChI is InChI=1S/C29H40Cl2N4O11S/c1-4-15(12-47-13-19(27(41)33-10-23(38)39)35-21(36)8-6-17(32)28(42)43)26(40)16-5-7-20(25(31)24(16)30)46-11-22(37)34-18(29(44)45)9-14(2)3/h5,7,14-15,17-19H,4,6,8-13,32H2,1-3H3,(H,33,41)(H,34,37)(H,35,36)(H,38,39)(H,42,43)(H,44,45)/t15?,17-,18-,19-/m0/s1. The summed E-state index contributed by atoms with van der Waals surface area (Å²) in [6, 6.07) is -0.838. The fraction of sp³-hybridized carbons (Fsp3) is 0.552. The zero-order valence-corrected chi connectivity index (χ0v) is 28.4. The summed E-state index contributed by atoms with van der Waals surface area (Å²) in [5.74, 6) is -6.78. The number of nitrogens with two attached hydrogens (primary N) is 1. The van der Waals surface area contributed by atoms with Crippen LogP contribution in [0, 0.1) is 11.8 Å². The second-order valence-electron chi connectivity index (χ2n) is 10.8. The van der Waals surface area contributed by atoms with Crippen LogP contribution in [-0.4, -0.2) is 99.5 Å². The molecule has 15 nitrogen and oxygen atoms in total. The van der Waals surface area contributed by atoms with Crippen molar-refractivity contribution in [3.8, 4) is 5.75 Å². The fourth-order valence-corrected chi connectivity index (χ4v) is 5.72. The minimum absolute atomic E-state index is 0.00297. The molecule has 1 aromatic carbocycles. The minimum atomic E-state index is -1.30. The van der Waals surface area contributed by atoms with E-state index in [1.807, 2.05) is 13.8 Å². The number of rotatable bonds is 22. The first-order valence-electron chi connectivity index (χ1n) is 14.5. The van der Waals surface area contributed by atoms with E-state index in [1.54, 1.807) is 6.92 Å². The Labute approximate surface area is 285 Å². The lowest BCUT2D eigenvalue weighted by Crippen LogP contribution is -2.49. The molecule has 0 aliphatic rings. The predicted octanol–water partition coefficient (Wildman–Crippen LogP) is 1.81. The summed E-state index contributed by atoms with van der Waals surface area (Å²) in [5.41, 5.74) is 5.49. The summed E-state index contributed by atoms with van der Waals surface area (Å²) in [7, 11) is 0. The van der Waals surface area contributed by atoms with Crippen molar-refractivity contribution in [2.75, 3.05) is 24.7 Å². The average Bonchev–Trinajstić information content (AvgIpc) is 2.99. The molecule has 4 atom stereocenters. The van der Waals surface area contributed by atoms with E-state index in [4.69, 9.17) is 43.9 Å². The van der Waals surface area contributed by atoms with Crippen molar-refractivity contribution in [2.24, 2.45) is 17.6 Å². The summed E-state index contributed by atoms with van der Waals surface area (Å²) < 4.78 is 5.43. The van der Waals surface area contributed by atoms with Gasteiger partial charge in [0.2, 0.25) is 11.8 Å². The van der Waals surface area contributed by atoms with Crippen LogP contribution in [0.1, 0.15) is 56.8 Å². The van der Waals surface area contributed by atoms with E-state index in [1.165, 1.54) is 12.1 Å². The Bertz CT molecular complexity index is 1310. The Balaban J connectivity index is 2.91. The Morgan fingerprint density at radius 3 is 2.11 bits per heavy atom. The molecule has 1 unspecified atom stereocenters. The van der Waals surface area contributed by atoms with Crippen LogP contribution in [0.3, 0.4) is 0 Å². The Morgan fingerprint density at radius 1 is 0.915 bits per heavy atom. The number of carbonyl (C=O) groups excluding carboxylic acids is 4.